The summed E-state index contributed by atoms with van der Waals surface area (Å²) < 4.78 is 10.1. The Kier molecular flexibility index (Phi) is 10.0. The van der Waals surface area contributed by atoms with Gasteiger partial charge in [0.1, 0.15) is 11.9 Å². The molecule has 0 saturated carbocycles. The second-order valence-electron chi connectivity index (χ2n) is 4.55. The van der Waals surface area contributed by atoms with Crippen LogP contribution in [0.25, 0.3) is 0 Å². The Bertz CT molecular complexity index is 441. The number of amides is 1. The minimum atomic E-state index is -0.694. The number of hydrogen-bond acceptors (Lipinski definition) is 6. The first-order chi connectivity index (χ1) is 9.70. The van der Waals surface area contributed by atoms with Crippen molar-refractivity contribution in [3.63, 3.8) is 0 Å². The summed E-state index contributed by atoms with van der Waals surface area (Å²) in [6, 6.07) is 3.00. The SMILES string of the molecule is COCC(N)C(=O)Nc1ccc(N2CCOCC2)cn1.Cl.Cl. The van der Waals surface area contributed by atoms with E-state index in [0.717, 1.165) is 32.0 Å². The summed E-state index contributed by atoms with van der Waals surface area (Å²) >= 11 is 0. The van der Waals surface area contributed by atoms with Crippen molar-refractivity contribution in [2.75, 3.05) is 50.2 Å². The van der Waals surface area contributed by atoms with Crippen LogP contribution < -0.4 is 16.0 Å². The molecule has 0 radical (unpaired) electrons. The maximum absolute atomic E-state index is 11.7. The Morgan fingerprint density at radius 2 is 2.14 bits per heavy atom. The zero-order valence-corrected chi connectivity index (χ0v) is 14.0. The standard InChI is InChI=1S/C13H20N4O3.2ClH/c1-19-9-11(14)13(18)16-12-3-2-10(8-15-12)17-4-6-20-7-5-17;;/h2-3,8,11H,4-7,9,14H2,1H3,(H,15,16,18);2*1H. The van der Waals surface area contributed by atoms with Gasteiger partial charge in [-0.3, -0.25) is 4.79 Å². The number of pyridine rings is 1. The Labute approximate surface area is 142 Å². The molecule has 2 heterocycles. The van der Waals surface area contributed by atoms with Gasteiger partial charge in [0.2, 0.25) is 5.91 Å². The summed E-state index contributed by atoms with van der Waals surface area (Å²) in [6.45, 7) is 3.34. The van der Waals surface area contributed by atoms with E-state index in [4.69, 9.17) is 15.2 Å². The van der Waals surface area contributed by atoms with Gasteiger partial charge in [-0.2, -0.15) is 0 Å². The van der Waals surface area contributed by atoms with E-state index in [1.165, 1.54) is 7.11 Å². The number of halogens is 2. The molecule has 1 atom stereocenters. The number of carbonyl (C=O) groups excluding carboxylic acids is 1. The first-order valence-electron chi connectivity index (χ1n) is 6.55. The average molecular weight is 353 g/mol. The first kappa shape index (κ1) is 20.9. The van der Waals surface area contributed by atoms with Crippen molar-refractivity contribution in [1.29, 1.82) is 0 Å². The van der Waals surface area contributed by atoms with E-state index in [9.17, 15) is 4.79 Å². The highest BCUT2D eigenvalue weighted by Crippen LogP contribution is 2.16. The monoisotopic (exact) mass is 352 g/mol. The minimum Gasteiger partial charge on any atom is -0.383 e. The topological polar surface area (TPSA) is 89.7 Å². The fraction of sp³-hybridized carbons (Fsp3) is 0.538. The fourth-order valence-corrected chi connectivity index (χ4v) is 1.94. The Balaban J connectivity index is 0.00000220. The molecule has 0 spiro atoms. The van der Waals surface area contributed by atoms with Crippen molar-refractivity contribution in [1.82, 2.24) is 4.98 Å². The van der Waals surface area contributed by atoms with Gasteiger partial charge in [-0.05, 0) is 12.1 Å². The molecule has 2 rings (SSSR count). The molecule has 1 saturated heterocycles. The third kappa shape index (κ3) is 5.94. The van der Waals surface area contributed by atoms with Crippen molar-refractivity contribution in [2.45, 2.75) is 6.04 Å². The molecule has 22 heavy (non-hydrogen) atoms. The zero-order chi connectivity index (χ0) is 14.4. The molecule has 1 amide bonds. The summed E-state index contributed by atoms with van der Waals surface area (Å²) in [5.41, 5.74) is 6.66. The number of nitrogens with one attached hydrogen (secondary N) is 1. The Morgan fingerprint density at radius 3 is 2.68 bits per heavy atom. The smallest absolute Gasteiger partial charge is 0.244 e. The van der Waals surface area contributed by atoms with E-state index in [1.54, 1.807) is 12.3 Å². The lowest BCUT2D eigenvalue weighted by Gasteiger charge is -2.28. The van der Waals surface area contributed by atoms with E-state index in [1.807, 2.05) is 6.07 Å². The number of rotatable bonds is 5. The van der Waals surface area contributed by atoms with Gasteiger partial charge in [-0.25, -0.2) is 4.98 Å². The van der Waals surface area contributed by atoms with E-state index in [-0.39, 0.29) is 37.3 Å². The largest absolute Gasteiger partial charge is 0.383 e. The maximum atomic E-state index is 11.7. The summed E-state index contributed by atoms with van der Waals surface area (Å²) in [5.74, 6) is 0.178. The van der Waals surface area contributed by atoms with E-state index >= 15 is 0 Å². The van der Waals surface area contributed by atoms with Crippen LogP contribution in [0.5, 0.6) is 0 Å². The van der Waals surface area contributed by atoms with Gasteiger partial charge in [-0.15, -0.1) is 24.8 Å². The van der Waals surface area contributed by atoms with Crippen LogP contribution in [-0.2, 0) is 14.3 Å². The highest BCUT2D eigenvalue weighted by atomic mass is 35.5. The number of morpholine rings is 1. The lowest BCUT2D eigenvalue weighted by Crippen LogP contribution is -2.39. The van der Waals surface area contributed by atoms with Crippen LogP contribution in [0.3, 0.4) is 0 Å². The van der Waals surface area contributed by atoms with Crippen LogP contribution in [0.15, 0.2) is 18.3 Å². The molecule has 0 aromatic carbocycles. The lowest BCUT2D eigenvalue weighted by molar-refractivity contribution is -0.118. The van der Waals surface area contributed by atoms with Crippen molar-refractivity contribution >= 4 is 42.2 Å². The average Bonchev–Trinajstić information content (AvgIpc) is 2.49. The number of anilines is 2. The third-order valence-electron chi connectivity index (χ3n) is 3.06. The Hall–Kier alpha value is -1.12. The van der Waals surface area contributed by atoms with Crippen LogP contribution in [0.4, 0.5) is 11.5 Å². The van der Waals surface area contributed by atoms with Crippen LogP contribution >= 0.6 is 24.8 Å². The van der Waals surface area contributed by atoms with Crippen molar-refractivity contribution < 1.29 is 14.3 Å². The number of hydrogen-bond donors (Lipinski definition) is 2. The predicted molar refractivity (Wildman–Crippen MR) is 90.2 cm³/mol. The molecule has 1 aliphatic heterocycles. The summed E-state index contributed by atoms with van der Waals surface area (Å²) in [4.78, 5) is 18.1. The first-order valence-corrected chi connectivity index (χ1v) is 6.55. The van der Waals surface area contributed by atoms with Gasteiger partial charge in [-0.1, -0.05) is 0 Å². The van der Waals surface area contributed by atoms with Crippen LogP contribution in [0.1, 0.15) is 0 Å². The molecule has 0 aliphatic carbocycles. The molecule has 1 aromatic heterocycles. The van der Waals surface area contributed by atoms with E-state index in [0.29, 0.717) is 5.82 Å². The molecular formula is C13H22Cl2N4O3. The van der Waals surface area contributed by atoms with Gasteiger partial charge in [0, 0.05) is 20.2 Å². The van der Waals surface area contributed by atoms with Gasteiger partial charge < -0.3 is 25.4 Å². The highest BCUT2D eigenvalue weighted by Gasteiger charge is 2.15. The van der Waals surface area contributed by atoms with E-state index in [2.05, 4.69) is 15.2 Å². The maximum Gasteiger partial charge on any atom is 0.244 e. The number of aromatic nitrogens is 1. The molecule has 1 aromatic rings. The van der Waals surface area contributed by atoms with Gasteiger partial charge in [0.25, 0.3) is 0 Å². The lowest BCUT2D eigenvalue weighted by atomic mass is 10.3. The second kappa shape index (κ2) is 10.6. The van der Waals surface area contributed by atoms with E-state index < -0.39 is 6.04 Å². The number of nitrogens with zero attached hydrogens (tertiary/aromatic N) is 2. The quantitative estimate of drug-likeness (QED) is 0.809. The number of carbonyl (C=O) groups is 1. The number of ether oxygens (including phenoxy) is 2. The van der Waals surface area contributed by atoms with Crippen LogP contribution in [0.2, 0.25) is 0 Å². The van der Waals surface area contributed by atoms with Crippen LogP contribution in [0, 0.1) is 0 Å². The molecular weight excluding hydrogens is 331 g/mol. The normalized spacial score (nSPS) is 15.3. The fourth-order valence-electron chi connectivity index (χ4n) is 1.94. The molecule has 9 heteroatoms. The van der Waals surface area contributed by atoms with Crippen molar-refractivity contribution in [2.24, 2.45) is 5.73 Å². The number of nitrogens with two attached hydrogens (primary N) is 1. The highest BCUT2D eigenvalue weighted by molar-refractivity contribution is 5.94. The predicted octanol–water partition coefficient (Wildman–Crippen LogP) is 0.674. The molecule has 126 valence electrons. The molecule has 1 aliphatic rings. The molecule has 1 unspecified atom stereocenters. The summed E-state index contributed by atoms with van der Waals surface area (Å²) in [6.07, 6.45) is 1.74. The van der Waals surface area contributed by atoms with Gasteiger partial charge in [0.15, 0.2) is 0 Å². The molecule has 7 nitrogen and oxygen atoms in total. The second-order valence-corrected chi connectivity index (χ2v) is 4.55. The zero-order valence-electron chi connectivity index (χ0n) is 12.4. The number of methoxy groups -OCH3 is 1. The third-order valence-corrected chi connectivity index (χ3v) is 3.06. The minimum absolute atomic E-state index is 0. The van der Waals surface area contributed by atoms with Gasteiger partial charge in [0.05, 0.1) is 31.7 Å². The summed E-state index contributed by atoms with van der Waals surface area (Å²) in [5, 5.41) is 2.66. The summed E-state index contributed by atoms with van der Waals surface area (Å²) in [7, 11) is 1.50. The molecule has 0 bridgehead atoms. The Morgan fingerprint density at radius 1 is 1.45 bits per heavy atom. The molecule has 1 fully saturated rings. The van der Waals surface area contributed by atoms with Crippen molar-refractivity contribution in [3.05, 3.63) is 18.3 Å². The van der Waals surface area contributed by atoms with Crippen LogP contribution in [-0.4, -0.2) is 57.0 Å². The van der Waals surface area contributed by atoms with Gasteiger partial charge >= 0.3 is 0 Å². The van der Waals surface area contributed by atoms with Crippen molar-refractivity contribution in [3.8, 4) is 0 Å². The molecule has 3 N–H and O–H groups in total.